The van der Waals surface area contributed by atoms with Crippen LogP contribution in [0.15, 0.2) is 35.3 Å². The molecule has 0 saturated carbocycles. The molecule has 0 amide bonds. The van der Waals surface area contributed by atoms with Gasteiger partial charge in [0.05, 0.1) is 6.54 Å². The van der Waals surface area contributed by atoms with Crippen LogP contribution < -0.4 is 10.6 Å². The van der Waals surface area contributed by atoms with Crippen LogP contribution >= 0.6 is 0 Å². The first-order valence-corrected chi connectivity index (χ1v) is 6.03. The fourth-order valence-corrected chi connectivity index (χ4v) is 1.65. The summed E-state index contributed by atoms with van der Waals surface area (Å²) in [4.78, 5) is 4.12. The average Bonchev–Trinajstić information content (AvgIpc) is 2.40. The van der Waals surface area contributed by atoms with Crippen LogP contribution in [0.1, 0.15) is 19.4 Å². The minimum atomic E-state index is 0.0367. The molecule has 0 aromatic heterocycles. The zero-order valence-electron chi connectivity index (χ0n) is 11.3. The lowest BCUT2D eigenvalue weighted by molar-refractivity contribution is 0.509. The molecule has 0 atom stereocenters. The van der Waals surface area contributed by atoms with Crippen molar-refractivity contribution in [3.63, 3.8) is 0 Å². The van der Waals surface area contributed by atoms with Crippen molar-refractivity contribution in [2.45, 2.75) is 19.3 Å². The maximum atomic E-state index is 5.21. The number of nitrogens with zero attached hydrogens (tertiary/aromatic N) is 1. The molecule has 1 aromatic carbocycles. The van der Waals surface area contributed by atoms with Gasteiger partial charge in [-0.15, -0.1) is 6.42 Å². The van der Waals surface area contributed by atoms with Gasteiger partial charge in [-0.3, -0.25) is 4.99 Å². The maximum Gasteiger partial charge on any atom is 0.191 e. The molecule has 0 heterocycles. The van der Waals surface area contributed by atoms with Gasteiger partial charge >= 0.3 is 0 Å². The Morgan fingerprint density at radius 1 is 1.28 bits per heavy atom. The number of benzene rings is 1. The van der Waals surface area contributed by atoms with Gasteiger partial charge in [-0.25, -0.2) is 0 Å². The second-order valence-corrected chi connectivity index (χ2v) is 4.73. The van der Waals surface area contributed by atoms with Crippen LogP contribution in [0.4, 0.5) is 0 Å². The third-order valence-electron chi connectivity index (χ3n) is 2.83. The summed E-state index contributed by atoms with van der Waals surface area (Å²) in [6.07, 6.45) is 5.21. The molecule has 96 valence electrons. The highest BCUT2D eigenvalue weighted by Crippen LogP contribution is 2.21. The number of rotatable bonds is 4. The zero-order valence-corrected chi connectivity index (χ0v) is 11.3. The summed E-state index contributed by atoms with van der Waals surface area (Å²) in [5, 5.41) is 6.33. The number of nitrogens with one attached hydrogen (secondary N) is 2. The molecular formula is C15H21N3. The van der Waals surface area contributed by atoms with Gasteiger partial charge < -0.3 is 10.6 Å². The third kappa shape index (κ3) is 4.14. The highest BCUT2D eigenvalue weighted by atomic mass is 15.2. The fraction of sp³-hybridized carbons (Fsp3) is 0.400. The Morgan fingerprint density at radius 2 is 1.94 bits per heavy atom. The van der Waals surface area contributed by atoms with E-state index < -0.39 is 0 Å². The van der Waals surface area contributed by atoms with E-state index in [2.05, 4.69) is 59.7 Å². The molecule has 0 aliphatic heterocycles. The van der Waals surface area contributed by atoms with Crippen molar-refractivity contribution in [1.82, 2.24) is 10.6 Å². The zero-order chi connectivity index (χ0) is 13.4. The average molecular weight is 243 g/mol. The molecule has 0 bridgehead atoms. The molecule has 0 unspecified atom stereocenters. The van der Waals surface area contributed by atoms with E-state index in [0.717, 1.165) is 12.5 Å². The summed E-state index contributed by atoms with van der Waals surface area (Å²) in [5.74, 6) is 3.26. The highest BCUT2D eigenvalue weighted by Gasteiger charge is 2.20. The summed E-state index contributed by atoms with van der Waals surface area (Å²) in [6.45, 7) is 5.67. The van der Waals surface area contributed by atoms with Gasteiger partial charge in [-0.1, -0.05) is 50.1 Å². The molecular weight excluding hydrogens is 222 g/mol. The van der Waals surface area contributed by atoms with Gasteiger partial charge in [0.25, 0.3) is 0 Å². The molecule has 0 fully saturated rings. The van der Waals surface area contributed by atoms with E-state index in [1.54, 1.807) is 7.05 Å². The van der Waals surface area contributed by atoms with Crippen molar-refractivity contribution in [2.24, 2.45) is 4.99 Å². The van der Waals surface area contributed by atoms with Gasteiger partial charge in [0.1, 0.15) is 0 Å². The number of hydrogen-bond donors (Lipinski definition) is 2. The van der Waals surface area contributed by atoms with Crippen LogP contribution in [-0.4, -0.2) is 26.1 Å². The summed E-state index contributed by atoms with van der Waals surface area (Å²) in [5.41, 5.74) is 1.33. The molecule has 0 aliphatic carbocycles. The Hall–Kier alpha value is -1.95. The van der Waals surface area contributed by atoms with E-state index in [4.69, 9.17) is 6.42 Å². The van der Waals surface area contributed by atoms with Gasteiger partial charge in [0, 0.05) is 19.0 Å². The normalized spacial score (nSPS) is 11.8. The van der Waals surface area contributed by atoms with E-state index in [0.29, 0.717) is 6.54 Å². The van der Waals surface area contributed by atoms with Crippen LogP contribution in [0, 0.1) is 12.3 Å². The molecule has 0 saturated heterocycles. The maximum absolute atomic E-state index is 5.21. The summed E-state index contributed by atoms with van der Waals surface area (Å²) in [6, 6.07) is 10.4. The lowest BCUT2D eigenvalue weighted by Gasteiger charge is -2.26. The summed E-state index contributed by atoms with van der Waals surface area (Å²) in [7, 11) is 1.74. The van der Waals surface area contributed by atoms with Crippen LogP contribution in [-0.2, 0) is 5.41 Å². The molecule has 3 nitrogen and oxygen atoms in total. The summed E-state index contributed by atoms with van der Waals surface area (Å²) < 4.78 is 0. The molecule has 0 aliphatic rings. The van der Waals surface area contributed by atoms with Crippen LogP contribution in [0.3, 0.4) is 0 Å². The lowest BCUT2D eigenvalue weighted by atomic mass is 9.85. The Bertz CT molecular complexity index is 427. The van der Waals surface area contributed by atoms with Crippen LogP contribution in [0.2, 0.25) is 0 Å². The number of terminal acetylenes is 1. The van der Waals surface area contributed by atoms with Crippen molar-refractivity contribution < 1.29 is 0 Å². The Balaban J connectivity index is 2.59. The van der Waals surface area contributed by atoms with E-state index in [1.165, 1.54) is 5.56 Å². The van der Waals surface area contributed by atoms with Crippen molar-refractivity contribution in [3.8, 4) is 12.3 Å². The minimum absolute atomic E-state index is 0.0367. The smallest absolute Gasteiger partial charge is 0.191 e. The standard InChI is InChI=1S/C15H21N3/c1-5-11-17-14(16-4)18-12-15(2,3)13-9-7-6-8-10-13/h1,6-10H,11-12H2,2-4H3,(H2,16,17,18). The monoisotopic (exact) mass is 243 g/mol. The third-order valence-corrected chi connectivity index (χ3v) is 2.83. The first-order chi connectivity index (χ1) is 8.60. The SMILES string of the molecule is C#CCNC(=NC)NCC(C)(C)c1ccccc1. The van der Waals surface area contributed by atoms with E-state index in [9.17, 15) is 0 Å². The first-order valence-electron chi connectivity index (χ1n) is 6.03. The van der Waals surface area contributed by atoms with Gasteiger partial charge in [-0.05, 0) is 5.56 Å². The van der Waals surface area contributed by atoms with Crippen molar-refractivity contribution >= 4 is 5.96 Å². The Labute approximate surface area is 110 Å². The second kappa shape index (κ2) is 6.70. The largest absolute Gasteiger partial charge is 0.356 e. The molecule has 2 N–H and O–H groups in total. The molecule has 1 aromatic rings. The van der Waals surface area contributed by atoms with Crippen molar-refractivity contribution in [3.05, 3.63) is 35.9 Å². The Kier molecular flexibility index (Phi) is 5.26. The molecule has 0 spiro atoms. The van der Waals surface area contributed by atoms with Crippen molar-refractivity contribution in [1.29, 1.82) is 0 Å². The topological polar surface area (TPSA) is 36.4 Å². The van der Waals surface area contributed by atoms with Gasteiger partial charge in [0.15, 0.2) is 5.96 Å². The van der Waals surface area contributed by atoms with E-state index >= 15 is 0 Å². The second-order valence-electron chi connectivity index (χ2n) is 4.73. The first kappa shape index (κ1) is 14.1. The number of aliphatic imine (C=N–C) groups is 1. The molecule has 18 heavy (non-hydrogen) atoms. The number of hydrogen-bond acceptors (Lipinski definition) is 1. The molecule has 1 rings (SSSR count). The van der Waals surface area contributed by atoms with Gasteiger partial charge in [0.2, 0.25) is 0 Å². The van der Waals surface area contributed by atoms with Gasteiger partial charge in [-0.2, -0.15) is 0 Å². The van der Waals surface area contributed by atoms with Crippen LogP contribution in [0.25, 0.3) is 0 Å². The quantitative estimate of drug-likeness (QED) is 0.480. The molecule has 0 radical (unpaired) electrons. The predicted octanol–water partition coefficient (Wildman–Crippen LogP) is 1.76. The predicted molar refractivity (Wildman–Crippen MR) is 77.7 cm³/mol. The minimum Gasteiger partial charge on any atom is -0.356 e. The molecule has 3 heteroatoms. The highest BCUT2D eigenvalue weighted by molar-refractivity contribution is 5.80. The number of guanidine groups is 1. The van der Waals surface area contributed by atoms with E-state index in [1.807, 2.05) is 6.07 Å². The fourth-order valence-electron chi connectivity index (χ4n) is 1.65. The Morgan fingerprint density at radius 3 is 2.50 bits per heavy atom. The van der Waals surface area contributed by atoms with E-state index in [-0.39, 0.29) is 5.41 Å². The lowest BCUT2D eigenvalue weighted by Crippen LogP contribution is -2.43. The van der Waals surface area contributed by atoms with Crippen LogP contribution in [0.5, 0.6) is 0 Å². The summed E-state index contributed by atoms with van der Waals surface area (Å²) >= 11 is 0. The van der Waals surface area contributed by atoms with Crippen molar-refractivity contribution in [2.75, 3.05) is 20.1 Å².